The van der Waals surface area contributed by atoms with Crippen LogP contribution in [0.4, 0.5) is 0 Å². The monoisotopic (exact) mass is 720 g/mol. The summed E-state index contributed by atoms with van der Waals surface area (Å²) in [5, 5.41) is 12.2. The Bertz CT molecular complexity index is 1710. The maximum atomic E-state index is 12.2. The van der Waals surface area contributed by atoms with Crippen molar-refractivity contribution in [1.82, 2.24) is 0 Å². The van der Waals surface area contributed by atoms with Crippen LogP contribution in [0.1, 0.15) is 27.8 Å². The second-order valence-electron chi connectivity index (χ2n) is 12.8. The number of ether oxygens (including phenoxy) is 8. The van der Waals surface area contributed by atoms with E-state index in [2.05, 4.69) is 0 Å². The van der Waals surface area contributed by atoms with Gasteiger partial charge in [0, 0.05) is 0 Å². The van der Waals surface area contributed by atoms with Gasteiger partial charge in [-0.2, -0.15) is 0 Å². The van der Waals surface area contributed by atoms with Crippen LogP contribution in [0.5, 0.6) is 5.75 Å². The molecule has 6 atom stereocenters. The average Bonchev–Trinajstić information content (AvgIpc) is 3.22. The Morgan fingerprint density at radius 2 is 0.698 bits per heavy atom. The van der Waals surface area contributed by atoms with E-state index in [1.165, 1.54) is 0 Å². The lowest BCUT2D eigenvalue weighted by Gasteiger charge is -2.48. The summed E-state index contributed by atoms with van der Waals surface area (Å²) >= 11 is 0. The Labute approximate surface area is 311 Å². The summed E-state index contributed by atoms with van der Waals surface area (Å²) in [6, 6.07) is 47.1. The minimum absolute atomic E-state index is 0.0954. The third kappa shape index (κ3) is 11.5. The highest BCUT2D eigenvalue weighted by molar-refractivity contribution is 5.27. The van der Waals surface area contributed by atoms with E-state index in [1.54, 1.807) is 7.11 Å². The number of aliphatic hydroxyl groups excluding tert-OH is 1. The van der Waals surface area contributed by atoms with Gasteiger partial charge in [0.1, 0.15) is 56.0 Å². The molecule has 0 heterocycles. The zero-order valence-electron chi connectivity index (χ0n) is 30.0. The van der Waals surface area contributed by atoms with Crippen LogP contribution in [0.25, 0.3) is 0 Å². The van der Waals surface area contributed by atoms with Crippen molar-refractivity contribution in [3.63, 3.8) is 0 Å². The van der Waals surface area contributed by atoms with Crippen molar-refractivity contribution in [1.29, 1.82) is 0 Å². The van der Waals surface area contributed by atoms with Crippen LogP contribution in [0.3, 0.4) is 0 Å². The summed E-state index contributed by atoms with van der Waals surface area (Å²) in [6.07, 6.45) is -5.33. The van der Waals surface area contributed by atoms with E-state index in [1.807, 2.05) is 146 Å². The first-order valence-electron chi connectivity index (χ1n) is 17.9. The molecule has 0 bridgehead atoms. The van der Waals surface area contributed by atoms with Crippen molar-refractivity contribution >= 4 is 0 Å². The molecule has 278 valence electrons. The zero-order valence-corrected chi connectivity index (χ0v) is 30.0. The third-order valence-electron chi connectivity index (χ3n) is 9.05. The van der Waals surface area contributed by atoms with Crippen molar-refractivity contribution in [2.45, 2.75) is 69.7 Å². The molecule has 1 fully saturated rings. The van der Waals surface area contributed by atoms with Crippen molar-refractivity contribution in [3.8, 4) is 5.75 Å². The zero-order chi connectivity index (χ0) is 36.5. The molecule has 0 amide bonds. The first-order valence-corrected chi connectivity index (χ1v) is 17.9. The molecular formula is C44H48O9. The van der Waals surface area contributed by atoms with Crippen molar-refractivity contribution < 1.29 is 43.0 Å². The van der Waals surface area contributed by atoms with Gasteiger partial charge >= 0.3 is 0 Å². The van der Waals surface area contributed by atoms with Gasteiger partial charge < -0.3 is 43.0 Å². The molecule has 6 rings (SSSR count). The third-order valence-corrected chi connectivity index (χ3v) is 9.05. The highest BCUT2D eigenvalue weighted by Crippen LogP contribution is 2.34. The van der Waals surface area contributed by atoms with E-state index in [0.29, 0.717) is 13.2 Å². The summed E-state index contributed by atoms with van der Waals surface area (Å²) in [5.74, 6) is 0.742. The molecular weight excluding hydrogens is 672 g/mol. The number of methoxy groups -OCH3 is 1. The van der Waals surface area contributed by atoms with Crippen LogP contribution in [-0.4, -0.2) is 62.4 Å². The summed E-state index contributed by atoms with van der Waals surface area (Å²) in [4.78, 5) is 0. The Morgan fingerprint density at radius 3 is 1.06 bits per heavy atom. The van der Waals surface area contributed by atoms with Crippen LogP contribution in [0.15, 0.2) is 146 Å². The van der Waals surface area contributed by atoms with E-state index in [0.717, 1.165) is 33.6 Å². The maximum Gasteiger partial charge on any atom is 0.147 e. The smallest absolute Gasteiger partial charge is 0.147 e. The predicted octanol–water partition coefficient (Wildman–Crippen LogP) is 7.24. The fourth-order valence-corrected chi connectivity index (χ4v) is 6.26. The van der Waals surface area contributed by atoms with Crippen LogP contribution >= 0.6 is 0 Å². The van der Waals surface area contributed by atoms with E-state index < -0.39 is 36.6 Å². The highest BCUT2D eigenvalue weighted by Gasteiger charge is 2.54. The van der Waals surface area contributed by atoms with Gasteiger partial charge in [-0.25, -0.2) is 0 Å². The Hall–Kier alpha value is -4.42. The van der Waals surface area contributed by atoms with Gasteiger partial charge in [-0.3, -0.25) is 0 Å². The van der Waals surface area contributed by atoms with Gasteiger partial charge in [0.15, 0.2) is 0 Å². The largest absolute Gasteiger partial charge is 0.497 e. The Kier molecular flexibility index (Phi) is 15.0. The van der Waals surface area contributed by atoms with Crippen LogP contribution < -0.4 is 4.74 Å². The molecule has 0 spiro atoms. The number of rotatable bonds is 20. The number of aliphatic hydroxyl groups is 1. The van der Waals surface area contributed by atoms with Gasteiger partial charge in [0.25, 0.3) is 0 Å². The van der Waals surface area contributed by atoms with E-state index >= 15 is 0 Å². The van der Waals surface area contributed by atoms with Crippen LogP contribution in [0, 0.1) is 0 Å². The van der Waals surface area contributed by atoms with Gasteiger partial charge in [0.2, 0.25) is 0 Å². The molecule has 1 N–H and O–H groups in total. The highest BCUT2D eigenvalue weighted by atomic mass is 16.7. The molecule has 9 heteroatoms. The fraction of sp³-hybridized carbons (Fsp3) is 0.318. The topological polar surface area (TPSA) is 94.1 Å². The number of hydrogen-bond donors (Lipinski definition) is 1. The number of benzene rings is 5. The quantitative estimate of drug-likeness (QED) is 0.0660. The van der Waals surface area contributed by atoms with Crippen molar-refractivity contribution in [2.75, 3.05) is 20.7 Å². The molecule has 0 aromatic heterocycles. The van der Waals surface area contributed by atoms with E-state index in [4.69, 9.17) is 37.9 Å². The lowest BCUT2D eigenvalue weighted by molar-refractivity contribution is -0.299. The molecule has 5 aromatic carbocycles. The van der Waals surface area contributed by atoms with Crippen LogP contribution in [0.2, 0.25) is 0 Å². The minimum Gasteiger partial charge on any atom is -0.497 e. The summed E-state index contributed by atoms with van der Waals surface area (Å²) < 4.78 is 50.1. The maximum absolute atomic E-state index is 12.2. The first-order chi connectivity index (χ1) is 26.2. The van der Waals surface area contributed by atoms with Gasteiger partial charge in [-0.15, -0.1) is 0 Å². The SMILES string of the molecule is COc1ccc(CO[C@@H]2[C@@H](OCc3ccccc3)[C@H](OCc3ccccc3)[C@@H](OCOCc3ccccc3)[C@H](O)[C@@H]2OCOCc2ccccc2)cc1. The minimum atomic E-state index is -1.20. The first kappa shape index (κ1) is 38.3. The molecule has 0 unspecified atom stereocenters. The fourth-order valence-electron chi connectivity index (χ4n) is 6.26. The molecule has 53 heavy (non-hydrogen) atoms. The molecule has 1 saturated carbocycles. The Morgan fingerprint density at radius 1 is 0.377 bits per heavy atom. The normalized spacial score (nSPS) is 21.3. The number of hydrogen-bond acceptors (Lipinski definition) is 9. The summed E-state index contributed by atoms with van der Waals surface area (Å²) in [7, 11) is 1.63. The standard InChI is InChI=1S/C44H48O9/c1-46-38-24-22-37(23-25-38)30-50-43-41(53-32-48-27-34-16-8-3-9-17-34)39(45)40(52-31-47-26-33-14-6-2-7-15-33)42(49-28-35-18-10-4-11-19-35)44(43)51-29-36-20-12-5-13-21-36/h2-25,39-45H,26-32H2,1H3/t39-,40-,41-,42+,43-,44-/m0/s1. The second-order valence-corrected chi connectivity index (χ2v) is 12.8. The van der Waals surface area contributed by atoms with E-state index in [-0.39, 0.29) is 33.4 Å². The molecule has 0 radical (unpaired) electrons. The average molecular weight is 721 g/mol. The van der Waals surface area contributed by atoms with Gasteiger partial charge in [0.05, 0.1) is 40.1 Å². The molecule has 9 nitrogen and oxygen atoms in total. The van der Waals surface area contributed by atoms with Crippen molar-refractivity contribution in [2.24, 2.45) is 0 Å². The van der Waals surface area contributed by atoms with E-state index in [9.17, 15) is 5.11 Å². The molecule has 0 saturated heterocycles. The van der Waals surface area contributed by atoms with Gasteiger partial charge in [-0.05, 0) is 39.9 Å². The summed E-state index contributed by atoms with van der Waals surface area (Å²) in [5.41, 5.74) is 4.86. The molecule has 1 aliphatic rings. The molecule has 5 aromatic rings. The summed E-state index contributed by atoms with van der Waals surface area (Å²) in [6.45, 7) is 1.22. The second kappa shape index (κ2) is 20.7. The molecule has 1 aliphatic carbocycles. The van der Waals surface area contributed by atoms with Crippen LogP contribution in [-0.2, 0) is 66.2 Å². The Balaban J connectivity index is 1.28. The van der Waals surface area contributed by atoms with Gasteiger partial charge in [-0.1, -0.05) is 133 Å². The molecule has 0 aliphatic heterocycles. The predicted molar refractivity (Wildman–Crippen MR) is 200 cm³/mol. The lowest BCUT2D eigenvalue weighted by Crippen LogP contribution is -2.67. The van der Waals surface area contributed by atoms with Crippen molar-refractivity contribution in [3.05, 3.63) is 173 Å². The lowest BCUT2D eigenvalue weighted by atomic mass is 9.84.